The van der Waals surface area contributed by atoms with E-state index in [4.69, 9.17) is 9.47 Å². The van der Waals surface area contributed by atoms with E-state index in [9.17, 15) is 9.59 Å². The van der Waals surface area contributed by atoms with Crippen molar-refractivity contribution in [3.05, 3.63) is 18.2 Å². The van der Waals surface area contributed by atoms with Crippen LogP contribution in [0.5, 0.6) is 0 Å². The predicted molar refractivity (Wildman–Crippen MR) is 252 cm³/mol. The van der Waals surface area contributed by atoms with Crippen LogP contribution in [0.15, 0.2) is 12.4 Å². The van der Waals surface area contributed by atoms with Crippen LogP contribution in [0.4, 0.5) is 0 Å². The van der Waals surface area contributed by atoms with E-state index in [0.29, 0.717) is 12.8 Å². The minimum atomic E-state index is 0.0230. The van der Waals surface area contributed by atoms with Crippen LogP contribution in [0, 0.1) is 6.92 Å². The summed E-state index contributed by atoms with van der Waals surface area (Å²) in [4.78, 5) is 32.8. The highest BCUT2D eigenvalue weighted by Crippen LogP contribution is 2.20. The van der Waals surface area contributed by atoms with Gasteiger partial charge in [-0.3, -0.25) is 9.59 Å². The topological polar surface area (TPSA) is 73.7 Å². The first-order chi connectivity index (χ1) is 28.9. The molecule has 0 fully saturated rings. The molecule has 0 N–H and O–H groups in total. The molecular weight excluding hydrogens is 731 g/mol. The Balaban J connectivity index is 2.44. The van der Waals surface area contributed by atoms with Gasteiger partial charge in [0.05, 0.1) is 0 Å². The fourth-order valence-corrected chi connectivity index (χ4v) is 8.43. The second-order valence-corrected chi connectivity index (χ2v) is 18.1. The molecule has 0 aromatic carbocycles. The Morgan fingerprint density at radius 3 is 1.22 bits per heavy atom. The second-order valence-electron chi connectivity index (χ2n) is 18.1. The van der Waals surface area contributed by atoms with Crippen molar-refractivity contribution in [2.45, 2.75) is 285 Å². The SMILES string of the molecule is CCCCCCCCC(CCCCCC)OC(=O)CCCCCCN(CCCCCCC(=O)OC(CCCCCC)CCCCCCCC)CCCCn1ccnc1C. The fraction of sp³-hybridized carbons (Fsp3) is 0.904. The maximum atomic E-state index is 12.9. The summed E-state index contributed by atoms with van der Waals surface area (Å²) in [6, 6.07) is 0. The molecule has 2 atom stereocenters. The highest BCUT2D eigenvalue weighted by atomic mass is 16.5. The van der Waals surface area contributed by atoms with Gasteiger partial charge in [-0.05, 0) is 116 Å². The third-order valence-corrected chi connectivity index (χ3v) is 12.4. The first-order valence-corrected chi connectivity index (χ1v) is 26.0. The monoisotopic (exact) mass is 830 g/mol. The van der Waals surface area contributed by atoms with Gasteiger partial charge in [0.1, 0.15) is 18.0 Å². The zero-order valence-corrected chi connectivity index (χ0v) is 40.1. The van der Waals surface area contributed by atoms with Crippen molar-refractivity contribution < 1.29 is 19.1 Å². The van der Waals surface area contributed by atoms with E-state index in [0.717, 1.165) is 103 Å². The van der Waals surface area contributed by atoms with E-state index in [1.165, 1.54) is 148 Å². The molecule has 0 amide bonds. The molecule has 0 radical (unpaired) electrons. The molecule has 1 rings (SSSR count). The molecular formula is C52H99N3O4. The molecule has 59 heavy (non-hydrogen) atoms. The Morgan fingerprint density at radius 2 is 0.831 bits per heavy atom. The molecule has 0 aliphatic carbocycles. The highest BCUT2D eigenvalue weighted by Gasteiger charge is 2.16. The van der Waals surface area contributed by atoms with Crippen LogP contribution in [0.3, 0.4) is 0 Å². The van der Waals surface area contributed by atoms with Gasteiger partial charge in [-0.15, -0.1) is 0 Å². The van der Waals surface area contributed by atoms with E-state index in [1.54, 1.807) is 0 Å². The molecule has 0 saturated heterocycles. The number of hydrogen-bond acceptors (Lipinski definition) is 6. The normalized spacial score (nSPS) is 12.6. The first kappa shape index (κ1) is 55.1. The number of imidazole rings is 1. The molecule has 0 spiro atoms. The van der Waals surface area contributed by atoms with Crippen LogP contribution in [0.25, 0.3) is 0 Å². The van der Waals surface area contributed by atoms with Gasteiger partial charge in [0, 0.05) is 31.8 Å². The molecule has 2 unspecified atom stereocenters. The number of esters is 2. The lowest BCUT2D eigenvalue weighted by atomic mass is 10.0. The molecule has 0 bridgehead atoms. The summed E-state index contributed by atoms with van der Waals surface area (Å²) < 4.78 is 14.4. The smallest absolute Gasteiger partial charge is 0.306 e. The van der Waals surface area contributed by atoms with Crippen molar-refractivity contribution >= 4 is 11.9 Å². The quantitative estimate of drug-likeness (QED) is 0.0481. The number of ether oxygens (including phenoxy) is 2. The molecule has 1 aromatic heterocycles. The summed E-state index contributed by atoms with van der Waals surface area (Å²) in [6.07, 6.45) is 45.8. The number of unbranched alkanes of at least 4 members (excludes halogenated alkanes) is 23. The Bertz CT molecular complexity index is 1000. The number of carbonyl (C=O) groups excluding carboxylic acids is 2. The minimum Gasteiger partial charge on any atom is -0.462 e. The van der Waals surface area contributed by atoms with Gasteiger partial charge < -0.3 is 18.9 Å². The lowest BCUT2D eigenvalue weighted by molar-refractivity contribution is -0.151. The molecule has 346 valence electrons. The van der Waals surface area contributed by atoms with Gasteiger partial charge >= 0.3 is 11.9 Å². The standard InChI is InChI=1S/C52H99N3O4/c1-6-10-14-18-20-28-38-49(36-26-16-12-8-3)58-51(56)40-30-22-24-32-43-54(45-34-35-46-55-47-42-53-48(55)5)44-33-25-23-31-41-52(57)59-50(37-27-17-13-9-4)39-29-21-19-15-11-7-2/h42,47,49-50H,6-41,43-46H2,1-5H3. The Morgan fingerprint density at radius 1 is 0.492 bits per heavy atom. The summed E-state index contributed by atoms with van der Waals surface area (Å²) >= 11 is 0. The molecule has 7 heteroatoms. The first-order valence-electron chi connectivity index (χ1n) is 26.0. The van der Waals surface area contributed by atoms with Crippen molar-refractivity contribution in [2.75, 3.05) is 19.6 Å². The van der Waals surface area contributed by atoms with Crippen molar-refractivity contribution in [3.63, 3.8) is 0 Å². The van der Waals surface area contributed by atoms with E-state index >= 15 is 0 Å². The number of carbonyl (C=O) groups is 2. The minimum absolute atomic E-state index is 0.0230. The summed E-state index contributed by atoms with van der Waals surface area (Å²) in [5.41, 5.74) is 0. The Hall–Kier alpha value is -1.89. The van der Waals surface area contributed by atoms with E-state index in [2.05, 4.69) is 55.3 Å². The lowest BCUT2D eigenvalue weighted by Crippen LogP contribution is -2.27. The zero-order valence-electron chi connectivity index (χ0n) is 40.1. The third kappa shape index (κ3) is 34.4. The number of rotatable bonds is 45. The van der Waals surface area contributed by atoms with Crippen LogP contribution >= 0.6 is 0 Å². The second kappa shape index (κ2) is 41.5. The fourth-order valence-electron chi connectivity index (χ4n) is 8.43. The van der Waals surface area contributed by atoms with E-state index < -0.39 is 0 Å². The number of nitrogens with zero attached hydrogens (tertiary/aromatic N) is 3. The summed E-state index contributed by atoms with van der Waals surface area (Å²) in [5, 5.41) is 0. The zero-order chi connectivity index (χ0) is 42.9. The van der Waals surface area contributed by atoms with Crippen molar-refractivity contribution in [1.29, 1.82) is 0 Å². The summed E-state index contributed by atoms with van der Waals surface area (Å²) in [7, 11) is 0. The lowest BCUT2D eigenvalue weighted by Gasteiger charge is -2.22. The van der Waals surface area contributed by atoms with Crippen molar-refractivity contribution in [1.82, 2.24) is 14.5 Å². The van der Waals surface area contributed by atoms with Crippen LogP contribution in [0.2, 0.25) is 0 Å². The molecule has 7 nitrogen and oxygen atoms in total. The molecule has 1 heterocycles. The van der Waals surface area contributed by atoms with Gasteiger partial charge in [-0.2, -0.15) is 0 Å². The number of aryl methyl sites for hydroxylation is 2. The Labute approximate surface area is 366 Å². The van der Waals surface area contributed by atoms with Crippen LogP contribution in [-0.4, -0.2) is 58.2 Å². The molecule has 1 aromatic rings. The van der Waals surface area contributed by atoms with Crippen LogP contribution in [0.1, 0.15) is 265 Å². The van der Waals surface area contributed by atoms with Gasteiger partial charge in [0.25, 0.3) is 0 Å². The largest absolute Gasteiger partial charge is 0.462 e. The van der Waals surface area contributed by atoms with Crippen LogP contribution < -0.4 is 0 Å². The summed E-state index contributed by atoms with van der Waals surface area (Å²) in [5.74, 6) is 1.14. The van der Waals surface area contributed by atoms with Gasteiger partial charge in [0.2, 0.25) is 0 Å². The molecule has 0 aliphatic rings. The molecule has 0 aliphatic heterocycles. The Kier molecular flexibility index (Phi) is 38.7. The average Bonchev–Trinajstić information content (AvgIpc) is 3.64. The third-order valence-electron chi connectivity index (χ3n) is 12.4. The van der Waals surface area contributed by atoms with Gasteiger partial charge in [-0.25, -0.2) is 4.98 Å². The molecule has 0 saturated carbocycles. The van der Waals surface area contributed by atoms with Crippen LogP contribution in [-0.2, 0) is 25.6 Å². The van der Waals surface area contributed by atoms with Gasteiger partial charge in [-0.1, -0.05) is 156 Å². The van der Waals surface area contributed by atoms with E-state index in [-0.39, 0.29) is 24.1 Å². The van der Waals surface area contributed by atoms with E-state index in [1.807, 2.05) is 6.20 Å². The summed E-state index contributed by atoms with van der Waals surface area (Å²) in [6.45, 7) is 15.5. The number of aromatic nitrogens is 2. The number of hydrogen-bond donors (Lipinski definition) is 0. The average molecular weight is 830 g/mol. The maximum absolute atomic E-state index is 12.9. The van der Waals surface area contributed by atoms with Crippen molar-refractivity contribution in [3.8, 4) is 0 Å². The van der Waals surface area contributed by atoms with Crippen molar-refractivity contribution in [2.24, 2.45) is 0 Å². The highest BCUT2D eigenvalue weighted by molar-refractivity contribution is 5.69. The predicted octanol–water partition coefficient (Wildman–Crippen LogP) is 15.4. The van der Waals surface area contributed by atoms with Gasteiger partial charge in [0.15, 0.2) is 0 Å². The maximum Gasteiger partial charge on any atom is 0.306 e.